The van der Waals surface area contributed by atoms with Gasteiger partial charge in [-0.3, -0.25) is 0 Å². The summed E-state index contributed by atoms with van der Waals surface area (Å²) < 4.78 is 5.65. The summed E-state index contributed by atoms with van der Waals surface area (Å²) in [6.45, 7) is 0. The third kappa shape index (κ3) is 2.69. The zero-order valence-corrected chi connectivity index (χ0v) is 11.7. The van der Waals surface area contributed by atoms with E-state index in [1.54, 1.807) is 18.2 Å². The van der Waals surface area contributed by atoms with Gasteiger partial charge in [0.1, 0.15) is 5.75 Å². The molecular weight excluding hydrogens is 300 g/mol. The van der Waals surface area contributed by atoms with E-state index in [0.717, 1.165) is 6.08 Å². The van der Waals surface area contributed by atoms with Gasteiger partial charge in [0.25, 0.3) is 0 Å². The molecule has 6 heteroatoms. The van der Waals surface area contributed by atoms with E-state index in [2.05, 4.69) is 0 Å². The molecule has 116 valence electrons. The van der Waals surface area contributed by atoms with Gasteiger partial charge in [0.05, 0.1) is 0 Å². The molecule has 0 spiro atoms. The van der Waals surface area contributed by atoms with Crippen molar-refractivity contribution in [2.75, 3.05) is 0 Å². The van der Waals surface area contributed by atoms with Crippen LogP contribution in [0.3, 0.4) is 0 Å². The number of fused-ring (bicyclic) bond motifs is 2. The molecule has 2 aromatic rings. The molecule has 6 nitrogen and oxygen atoms in total. The Morgan fingerprint density at radius 2 is 1.74 bits per heavy atom. The predicted molar refractivity (Wildman–Crippen MR) is 83.6 cm³/mol. The van der Waals surface area contributed by atoms with E-state index in [-0.39, 0.29) is 28.7 Å². The van der Waals surface area contributed by atoms with Crippen molar-refractivity contribution >= 4 is 24.2 Å². The molecule has 0 saturated carbocycles. The number of carboxylic acid groups (broad SMARTS) is 1. The number of rotatable bonds is 2. The van der Waals surface area contributed by atoms with E-state index in [1.807, 2.05) is 0 Å². The molecular formula is C17H12O6. The number of aromatic hydroxyl groups is 3. The van der Waals surface area contributed by atoms with Gasteiger partial charge in [-0.15, -0.1) is 0 Å². The van der Waals surface area contributed by atoms with Gasteiger partial charge in [0.2, 0.25) is 0 Å². The fourth-order valence-corrected chi connectivity index (χ4v) is 2.26. The van der Waals surface area contributed by atoms with Crippen LogP contribution in [0.4, 0.5) is 0 Å². The summed E-state index contributed by atoms with van der Waals surface area (Å²) in [5.41, 5.74) is 1.53. The highest BCUT2D eigenvalue weighted by Gasteiger charge is 2.18. The molecule has 4 N–H and O–H groups in total. The molecule has 0 saturated heterocycles. The van der Waals surface area contributed by atoms with Crippen LogP contribution in [0.25, 0.3) is 18.2 Å². The molecule has 0 atom stereocenters. The number of hydrogen-bond acceptors (Lipinski definition) is 5. The summed E-state index contributed by atoms with van der Waals surface area (Å²) in [4.78, 5) is 10.7. The van der Waals surface area contributed by atoms with Gasteiger partial charge in [-0.2, -0.15) is 0 Å². The first kappa shape index (κ1) is 14.5. The Labute approximate surface area is 130 Å². The molecule has 0 aromatic heterocycles. The molecule has 0 bridgehead atoms. The van der Waals surface area contributed by atoms with Crippen molar-refractivity contribution in [2.24, 2.45) is 0 Å². The Balaban J connectivity index is 2.16. The third-order valence-electron chi connectivity index (χ3n) is 3.36. The Morgan fingerprint density at radius 1 is 1.00 bits per heavy atom. The zero-order valence-electron chi connectivity index (χ0n) is 11.7. The smallest absolute Gasteiger partial charge is 0.328 e. The minimum atomic E-state index is -1.09. The maximum absolute atomic E-state index is 10.7. The van der Waals surface area contributed by atoms with Crippen molar-refractivity contribution in [3.05, 3.63) is 47.0 Å². The zero-order chi connectivity index (χ0) is 16.6. The summed E-state index contributed by atoms with van der Waals surface area (Å²) in [5, 5.41) is 37.9. The lowest BCUT2D eigenvalue weighted by Crippen LogP contribution is -1.92. The van der Waals surface area contributed by atoms with Crippen molar-refractivity contribution < 1.29 is 30.0 Å². The highest BCUT2D eigenvalue weighted by molar-refractivity contribution is 5.89. The molecule has 0 amide bonds. The second-order valence-electron chi connectivity index (χ2n) is 4.90. The SMILES string of the molecule is O=C(O)C=Cc1ccc(O)c2c1C=Cc1cc(O)c(O)cc1O2. The molecule has 3 rings (SSSR count). The quantitative estimate of drug-likeness (QED) is 0.427. The van der Waals surface area contributed by atoms with Crippen LogP contribution in [-0.2, 0) is 4.79 Å². The lowest BCUT2D eigenvalue weighted by atomic mass is 10.0. The Hall–Kier alpha value is -3.41. The number of carbonyl (C=O) groups is 1. The molecule has 0 radical (unpaired) electrons. The molecule has 0 fully saturated rings. The van der Waals surface area contributed by atoms with Gasteiger partial charge >= 0.3 is 5.97 Å². The second-order valence-corrected chi connectivity index (χ2v) is 4.90. The topological polar surface area (TPSA) is 107 Å². The first-order chi connectivity index (χ1) is 11.0. The Kier molecular flexibility index (Phi) is 3.42. The summed E-state index contributed by atoms with van der Waals surface area (Å²) in [6, 6.07) is 5.52. The van der Waals surface area contributed by atoms with Gasteiger partial charge in [0, 0.05) is 23.3 Å². The lowest BCUT2D eigenvalue weighted by Gasteiger charge is -2.12. The van der Waals surface area contributed by atoms with Crippen molar-refractivity contribution in [3.8, 4) is 28.7 Å². The van der Waals surface area contributed by atoms with Gasteiger partial charge in [0.15, 0.2) is 23.0 Å². The van der Waals surface area contributed by atoms with E-state index in [4.69, 9.17) is 9.84 Å². The van der Waals surface area contributed by atoms with Crippen LogP contribution in [0.15, 0.2) is 30.3 Å². The van der Waals surface area contributed by atoms with Crippen molar-refractivity contribution in [1.82, 2.24) is 0 Å². The minimum absolute atomic E-state index is 0.127. The fraction of sp³-hybridized carbons (Fsp3) is 0. The lowest BCUT2D eigenvalue weighted by molar-refractivity contribution is -0.131. The maximum Gasteiger partial charge on any atom is 0.328 e. The number of phenols is 3. The number of ether oxygens (including phenoxy) is 1. The largest absolute Gasteiger partial charge is 0.504 e. The maximum atomic E-state index is 10.7. The van der Waals surface area contributed by atoms with Crippen LogP contribution in [0.2, 0.25) is 0 Å². The average Bonchev–Trinajstić information content (AvgIpc) is 2.68. The van der Waals surface area contributed by atoms with Crippen LogP contribution in [0.1, 0.15) is 16.7 Å². The van der Waals surface area contributed by atoms with Gasteiger partial charge < -0.3 is 25.2 Å². The van der Waals surface area contributed by atoms with Crippen LogP contribution >= 0.6 is 0 Å². The summed E-state index contributed by atoms with van der Waals surface area (Å²) >= 11 is 0. The van der Waals surface area contributed by atoms with Crippen LogP contribution in [-0.4, -0.2) is 26.4 Å². The molecule has 2 aromatic carbocycles. The molecule has 0 unspecified atom stereocenters. The van der Waals surface area contributed by atoms with Crippen molar-refractivity contribution in [1.29, 1.82) is 0 Å². The van der Waals surface area contributed by atoms with Gasteiger partial charge in [-0.1, -0.05) is 12.1 Å². The molecule has 23 heavy (non-hydrogen) atoms. The summed E-state index contributed by atoms with van der Waals surface area (Å²) in [5.74, 6) is -1.47. The first-order valence-electron chi connectivity index (χ1n) is 6.64. The second kappa shape index (κ2) is 5.42. The predicted octanol–water partition coefficient (Wildman–Crippen LogP) is 3.18. The number of benzene rings is 2. The van der Waals surface area contributed by atoms with E-state index >= 15 is 0 Å². The van der Waals surface area contributed by atoms with Crippen molar-refractivity contribution in [3.63, 3.8) is 0 Å². The molecule has 1 aliphatic heterocycles. The monoisotopic (exact) mass is 312 g/mol. The van der Waals surface area contributed by atoms with Crippen molar-refractivity contribution in [2.45, 2.75) is 0 Å². The minimum Gasteiger partial charge on any atom is -0.504 e. The number of hydrogen-bond donors (Lipinski definition) is 4. The highest BCUT2D eigenvalue weighted by Crippen LogP contribution is 2.44. The van der Waals surface area contributed by atoms with Crippen LogP contribution in [0.5, 0.6) is 28.7 Å². The van der Waals surface area contributed by atoms with E-state index in [1.165, 1.54) is 24.3 Å². The number of carboxylic acids is 1. The first-order valence-corrected chi connectivity index (χ1v) is 6.64. The molecule has 1 heterocycles. The Morgan fingerprint density at radius 3 is 2.48 bits per heavy atom. The molecule has 0 aliphatic carbocycles. The number of aliphatic carboxylic acids is 1. The van der Waals surface area contributed by atoms with Gasteiger partial charge in [-0.05, 0) is 29.8 Å². The van der Waals surface area contributed by atoms with E-state index in [9.17, 15) is 20.1 Å². The summed E-state index contributed by atoms with van der Waals surface area (Å²) in [7, 11) is 0. The fourth-order valence-electron chi connectivity index (χ4n) is 2.26. The van der Waals surface area contributed by atoms with Crippen LogP contribution in [0, 0.1) is 0 Å². The average molecular weight is 312 g/mol. The Bertz CT molecular complexity index is 864. The third-order valence-corrected chi connectivity index (χ3v) is 3.36. The highest BCUT2D eigenvalue weighted by atomic mass is 16.5. The van der Waals surface area contributed by atoms with E-state index < -0.39 is 5.97 Å². The summed E-state index contributed by atoms with van der Waals surface area (Å²) in [6.07, 6.45) is 5.65. The molecule has 1 aliphatic rings. The standard InChI is InChI=1S/C17H12O6/c18-12-5-2-9(3-6-16(21)22)11-4-1-10-7-13(19)14(20)8-15(10)23-17(11)12/h1-8,18-20H,(H,21,22). The van der Waals surface area contributed by atoms with E-state index in [0.29, 0.717) is 16.7 Å². The van der Waals surface area contributed by atoms with Crippen LogP contribution < -0.4 is 4.74 Å². The number of phenolic OH excluding ortho intramolecular Hbond substituents is 3. The van der Waals surface area contributed by atoms with Gasteiger partial charge in [-0.25, -0.2) is 4.79 Å². The normalized spacial score (nSPS) is 12.3.